The summed E-state index contributed by atoms with van der Waals surface area (Å²) in [4.78, 5) is 14.9. The molecule has 0 saturated heterocycles. The fourth-order valence-electron chi connectivity index (χ4n) is 1.18. The van der Waals surface area contributed by atoms with E-state index >= 15 is 0 Å². The average molecular weight is 230 g/mol. The lowest BCUT2D eigenvalue weighted by Gasteiger charge is -2.17. The van der Waals surface area contributed by atoms with Crippen molar-refractivity contribution in [3.05, 3.63) is 16.6 Å². The summed E-state index contributed by atoms with van der Waals surface area (Å²) in [5, 5.41) is 14.6. The summed E-state index contributed by atoms with van der Waals surface area (Å²) in [5.74, 6) is -0.916. The number of thiazole rings is 1. The molecule has 1 aromatic rings. The van der Waals surface area contributed by atoms with E-state index in [1.165, 1.54) is 18.4 Å². The lowest BCUT2D eigenvalue weighted by molar-refractivity contribution is -0.141. The quantitative estimate of drug-likeness (QED) is 0.759. The van der Waals surface area contributed by atoms with E-state index in [2.05, 4.69) is 10.3 Å². The number of ether oxygens (including phenoxy) is 1. The van der Waals surface area contributed by atoms with Gasteiger partial charge < -0.3 is 9.84 Å². The summed E-state index contributed by atoms with van der Waals surface area (Å²) in [6.07, 6.45) is 1.70. The molecule has 2 N–H and O–H groups in total. The Morgan fingerprint density at radius 1 is 1.80 bits per heavy atom. The van der Waals surface area contributed by atoms with E-state index in [1.54, 1.807) is 6.20 Å². The van der Waals surface area contributed by atoms with Gasteiger partial charge in [0.05, 0.1) is 12.6 Å². The second-order valence-electron chi connectivity index (χ2n) is 3.10. The number of carboxylic acid groups (broad SMARTS) is 1. The molecule has 2 unspecified atom stereocenters. The molecule has 5 nitrogen and oxygen atoms in total. The largest absolute Gasteiger partial charge is 0.480 e. The van der Waals surface area contributed by atoms with Crippen LogP contribution < -0.4 is 5.32 Å². The zero-order chi connectivity index (χ0) is 11.3. The van der Waals surface area contributed by atoms with Crippen molar-refractivity contribution in [2.75, 3.05) is 13.7 Å². The van der Waals surface area contributed by atoms with Crippen LogP contribution in [0.1, 0.15) is 18.0 Å². The highest BCUT2D eigenvalue weighted by atomic mass is 32.1. The summed E-state index contributed by atoms with van der Waals surface area (Å²) >= 11 is 1.50. The third-order valence-electron chi connectivity index (χ3n) is 1.90. The first kappa shape index (κ1) is 12.1. The number of aromatic nitrogens is 1. The molecule has 0 aliphatic heterocycles. The molecule has 2 atom stereocenters. The molecule has 15 heavy (non-hydrogen) atoms. The number of aliphatic carboxylic acids is 1. The number of carbonyl (C=O) groups is 1. The Hall–Kier alpha value is -0.980. The van der Waals surface area contributed by atoms with Crippen LogP contribution >= 0.6 is 11.3 Å². The Bertz CT molecular complexity index is 302. The highest BCUT2D eigenvalue weighted by Gasteiger charge is 2.20. The van der Waals surface area contributed by atoms with Crippen LogP contribution in [0.4, 0.5) is 0 Å². The average Bonchev–Trinajstić information content (AvgIpc) is 2.69. The van der Waals surface area contributed by atoms with Crippen molar-refractivity contribution < 1.29 is 14.6 Å². The van der Waals surface area contributed by atoms with Crippen LogP contribution in [0.25, 0.3) is 0 Å². The van der Waals surface area contributed by atoms with Crippen LogP contribution in [0.3, 0.4) is 0 Å². The van der Waals surface area contributed by atoms with Gasteiger partial charge in [-0.1, -0.05) is 0 Å². The molecular formula is C9H14N2O3S. The van der Waals surface area contributed by atoms with Gasteiger partial charge in [0.15, 0.2) is 0 Å². The Morgan fingerprint density at radius 3 is 3.00 bits per heavy atom. The molecule has 0 aromatic carbocycles. The lowest BCUT2D eigenvalue weighted by Crippen LogP contribution is -2.41. The first-order valence-corrected chi connectivity index (χ1v) is 5.40. The number of nitrogens with one attached hydrogen (secondary N) is 1. The number of methoxy groups -OCH3 is 1. The maximum Gasteiger partial charge on any atom is 0.323 e. The molecule has 0 saturated carbocycles. The molecule has 1 heterocycles. The highest BCUT2D eigenvalue weighted by Crippen LogP contribution is 2.15. The minimum absolute atomic E-state index is 0.0822. The van der Waals surface area contributed by atoms with Crippen molar-refractivity contribution in [3.63, 3.8) is 0 Å². The van der Waals surface area contributed by atoms with Crippen LogP contribution in [0.5, 0.6) is 0 Å². The Morgan fingerprint density at radius 2 is 2.53 bits per heavy atom. The van der Waals surface area contributed by atoms with Gasteiger partial charge in [0.2, 0.25) is 0 Å². The summed E-state index contributed by atoms with van der Waals surface area (Å²) in [6.45, 7) is 2.02. The van der Waals surface area contributed by atoms with Crippen molar-refractivity contribution >= 4 is 17.3 Å². The molecule has 0 aliphatic rings. The predicted molar refractivity (Wildman–Crippen MR) is 57.0 cm³/mol. The topological polar surface area (TPSA) is 71.5 Å². The molecule has 1 aromatic heterocycles. The molecule has 0 amide bonds. The van der Waals surface area contributed by atoms with Gasteiger partial charge >= 0.3 is 5.97 Å². The fourth-order valence-corrected chi connectivity index (χ4v) is 1.83. The van der Waals surface area contributed by atoms with E-state index in [1.807, 2.05) is 12.3 Å². The lowest BCUT2D eigenvalue weighted by atomic mass is 10.2. The number of hydrogen-bond donors (Lipinski definition) is 2. The standard InChI is InChI=1S/C9H14N2O3S/c1-6(8-10-3-4-15-8)11-7(5-14-2)9(12)13/h3-4,6-7,11H,5H2,1-2H3,(H,12,13). The van der Waals surface area contributed by atoms with Crippen LogP contribution in [0.15, 0.2) is 11.6 Å². The van der Waals surface area contributed by atoms with Gasteiger partial charge in [-0.05, 0) is 6.92 Å². The van der Waals surface area contributed by atoms with Crippen LogP contribution in [0.2, 0.25) is 0 Å². The summed E-state index contributed by atoms with van der Waals surface area (Å²) in [7, 11) is 1.48. The molecule has 0 fully saturated rings. The van der Waals surface area contributed by atoms with Gasteiger partial charge in [-0.25, -0.2) is 4.98 Å². The maximum absolute atomic E-state index is 10.8. The van der Waals surface area contributed by atoms with E-state index in [4.69, 9.17) is 9.84 Å². The van der Waals surface area contributed by atoms with E-state index in [0.29, 0.717) is 0 Å². The van der Waals surface area contributed by atoms with Crippen molar-refractivity contribution in [1.29, 1.82) is 0 Å². The van der Waals surface area contributed by atoms with Crippen molar-refractivity contribution in [3.8, 4) is 0 Å². The highest BCUT2D eigenvalue weighted by molar-refractivity contribution is 7.09. The van der Waals surface area contributed by atoms with Gasteiger partial charge in [-0.15, -0.1) is 11.3 Å². The first-order chi connectivity index (χ1) is 7.15. The summed E-state index contributed by atoms with van der Waals surface area (Å²) in [5.41, 5.74) is 0. The second kappa shape index (κ2) is 5.79. The van der Waals surface area contributed by atoms with Gasteiger partial charge in [-0.3, -0.25) is 10.1 Å². The Labute approximate surface area is 92.1 Å². The molecule has 0 radical (unpaired) electrons. The van der Waals surface area contributed by atoms with E-state index in [9.17, 15) is 4.79 Å². The number of hydrogen-bond acceptors (Lipinski definition) is 5. The second-order valence-corrected chi connectivity index (χ2v) is 4.03. The maximum atomic E-state index is 10.8. The molecule has 84 valence electrons. The number of carboxylic acids is 1. The van der Waals surface area contributed by atoms with Gasteiger partial charge in [0.1, 0.15) is 11.0 Å². The van der Waals surface area contributed by atoms with E-state index in [0.717, 1.165) is 5.01 Å². The predicted octanol–water partition coefficient (Wildman–Crippen LogP) is 0.893. The molecule has 0 spiro atoms. The zero-order valence-electron chi connectivity index (χ0n) is 8.64. The minimum atomic E-state index is -0.916. The van der Waals surface area contributed by atoms with Gasteiger partial charge in [0, 0.05) is 18.7 Å². The molecule has 0 bridgehead atoms. The number of rotatable bonds is 6. The smallest absolute Gasteiger partial charge is 0.323 e. The zero-order valence-corrected chi connectivity index (χ0v) is 9.45. The van der Waals surface area contributed by atoms with Crippen molar-refractivity contribution in [1.82, 2.24) is 10.3 Å². The third-order valence-corrected chi connectivity index (χ3v) is 2.86. The van der Waals surface area contributed by atoms with Gasteiger partial charge in [-0.2, -0.15) is 0 Å². The number of nitrogens with zero attached hydrogens (tertiary/aromatic N) is 1. The Balaban J connectivity index is 2.54. The monoisotopic (exact) mass is 230 g/mol. The van der Waals surface area contributed by atoms with Crippen LogP contribution in [-0.4, -0.2) is 35.8 Å². The first-order valence-electron chi connectivity index (χ1n) is 4.52. The molecule has 6 heteroatoms. The van der Waals surface area contributed by atoms with Crippen molar-refractivity contribution in [2.24, 2.45) is 0 Å². The van der Waals surface area contributed by atoms with Gasteiger partial charge in [0.25, 0.3) is 0 Å². The summed E-state index contributed by atoms with van der Waals surface area (Å²) < 4.78 is 4.82. The summed E-state index contributed by atoms with van der Waals surface area (Å²) in [6, 6.07) is -0.782. The van der Waals surface area contributed by atoms with Crippen LogP contribution in [0, 0.1) is 0 Å². The molecular weight excluding hydrogens is 216 g/mol. The normalized spacial score (nSPS) is 14.8. The minimum Gasteiger partial charge on any atom is -0.480 e. The SMILES string of the molecule is COCC(NC(C)c1nccs1)C(=O)O. The molecule has 1 rings (SSSR count). The molecule has 0 aliphatic carbocycles. The van der Waals surface area contributed by atoms with Crippen LogP contribution in [-0.2, 0) is 9.53 Å². The van der Waals surface area contributed by atoms with Crippen molar-refractivity contribution in [2.45, 2.75) is 19.0 Å². The van der Waals surface area contributed by atoms with E-state index in [-0.39, 0.29) is 12.6 Å². The fraction of sp³-hybridized carbons (Fsp3) is 0.556. The van der Waals surface area contributed by atoms with E-state index < -0.39 is 12.0 Å². The third kappa shape index (κ3) is 3.58. The Kier molecular flexibility index (Phi) is 4.67.